The average molecular weight is 242 g/mol. The number of hydrogen-bond donors (Lipinski definition) is 1. The van der Waals surface area contributed by atoms with Gasteiger partial charge in [0, 0.05) is 7.11 Å². The fraction of sp³-hybridized carbons (Fsp3) is 0.250. The predicted molar refractivity (Wildman–Crippen MR) is 72.4 cm³/mol. The van der Waals surface area contributed by atoms with E-state index in [1.54, 1.807) is 7.11 Å². The molecule has 0 aliphatic rings. The maximum Gasteiger partial charge on any atom is 0.140 e. The van der Waals surface area contributed by atoms with Gasteiger partial charge in [-0.15, -0.1) is 0 Å². The highest BCUT2D eigenvalue weighted by Gasteiger charge is 2.37. The molecule has 1 unspecified atom stereocenters. The lowest BCUT2D eigenvalue weighted by Gasteiger charge is -2.34. The SMILES string of the molecule is COC(C)C(O)(c1ccccc1)c1ccccc1. The molecular formula is C16H18O2. The first kappa shape index (κ1) is 12.8. The molecule has 94 valence electrons. The van der Waals surface area contributed by atoms with Gasteiger partial charge in [-0.1, -0.05) is 60.7 Å². The Balaban J connectivity index is 2.55. The number of rotatable bonds is 4. The summed E-state index contributed by atoms with van der Waals surface area (Å²) in [5.74, 6) is 0. The molecule has 0 heterocycles. The molecule has 0 bridgehead atoms. The first-order chi connectivity index (χ1) is 8.69. The molecule has 2 heteroatoms. The summed E-state index contributed by atoms with van der Waals surface area (Å²) in [4.78, 5) is 0. The van der Waals surface area contributed by atoms with E-state index in [9.17, 15) is 5.11 Å². The van der Waals surface area contributed by atoms with Gasteiger partial charge < -0.3 is 9.84 Å². The van der Waals surface area contributed by atoms with E-state index in [1.807, 2.05) is 67.6 Å². The fourth-order valence-corrected chi connectivity index (χ4v) is 2.19. The summed E-state index contributed by atoms with van der Waals surface area (Å²) in [6.45, 7) is 1.88. The molecule has 2 nitrogen and oxygen atoms in total. The normalized spacial score (nSPS) is 13.3. The molecule has 0 saturated carbocycles. The Morgan fingerprint density at radius 2 is 1.28 bits per heavy atom. The van der Waals surface area contributed by atoms with Crippen LogP contribution in [0.25, 0.3) is 0 Å². The monoisotopic (exact) mass is 242 g/mol. The predicted octanol–water partition coefficient (Wildman–Crippen LogP) is 2.96. The third-order valence-electron chi connectivity index (χ3n) is 3.37. The summed E-state index contributed by atoms with van der Waals surface area (Å²) >= 11 is 0. The summed E-state index contributed by atoms with van der Waals surface area (Å²) < 4.78 is 5.37. The molecule has 0 saturated heterocycles. The Morgan fingerprint density at radius 3 is 1.61 bits per heavy atom. The van der Waals surface area contributed by atoms with Gasteiger partial charge in [0.05, 0.1) is 6.10 Å². The minimum Gasteiger partial charge on any atom is -0.378 e. The molecule has 2 aromatic rings. The Morgan fingerprint density at radius 1 is 0.889 bits per heavy atom. The minimum atomic E-state index is -1.13. The van der Waals surface area contributed by atoms with Crippen molar-refractivity contribution in [1.29, 1.82) is 0 Å². The Bertz CT molecular complexity index is 439. The first-order valence-corrected chi connectivity index (χ1v) is 6.05. The number of hydrogen-bond acceptors (Lipinski definition) is 2. The van der Waals surface area contributed by atoms with Crippen molar-refractivity contribution < 1.29 is 9.84 Å². The molecule has 1 N–H and O–H groups in total. The van der Waals surface area contributed by atoms with Crippen LogP contribution in [-0.4, -0.2) is 18.3 Å². The van der Waals surface area contributed by atoms with Crippen molar-refractivity contribution in [3.05, 3.63) is 71.8 Å². The van der Waals surface area contributed by atoms with Crippen molar-refractivity contribution in [3.8, 4) is 0 Å². The summed E-state index contributed by atoms with van der Waals surface area (Å²) in [6, 6.07) is 19.2. The smallest absolute Gasteiger partial charge is 0.140 e. The lowest BCUT2D eigenvalue weighted by molar-refractivity contribution is -0.0616. The van der Waals surface area contributed by atoms with Gasteiger partial charge in [-0.05, 0) is 18.1 Å². The van der Waals surface area contributed by atoms with Gasteiger partial charge in [-0.3, -0.25) is 0 Å². The van der Waals surface area contributed by atoms with Crippen LogP contribution in [0.4, 0.5) is 0 Å². The van der Waals surface area contributed by atoms with Crippen LogP contribution in [-0.2, 0) is 10.3 Å². The van der Waals surface area contributed by atoms with Crippen molar-refractivity contribution in [2.45, 2.75) is 18.6 Å². The van der Waals surface area contributed by atoms with E-state index in [0.29, 0.717) is 0 Å². The molecular weight excluding hydrogens is 224 g/mol. The van der Waals surface area contributed by atoms with E-state index in [1.165, 1.54) is 0 Å². The molecule has 1 atom stereocenters. The zero-order chi connectivity index (χ0) is 13.0. The van der Waals surface area contributed by atoms with Gasteiger partial charge in [-0.2, -0.15) is 0 Å². The summed E-state index contributed by atoms with van der Waals surface area (Å²) in [7, 11) is 1.61. The Kier molecular flexibility index (Phi) is 3.80. The maximum atomic E-state index is 11.1. The zero-order valence-electron chi connectivity index (χ0n) is 10.7. The van der Waals surface area contributed by atoms with Crippen LogP contribution in [0, 0.1) is 0 Å². The molecule has 0 spiro atoms. The maximum absolute atomic E-state index is 11.1. The molecule has 0 aromatic heterocycles. The second kappa shape index (κ2) is 5.34. The van der Waals surface area contributed by atoms with Crippen LogP contribution < -0.4 is 0 Å². The topological polar surface area (TPSA) is 29.5 Å². The van der Waals surface area contributed by atoms with Crippen LogP contribution in [0.3, 0.4) is 0 Å². The quantitative estimate of drug-likeness (QED) is 0.893. The molecule has 2 aromatic carbocycles. The number of ether oxygens (including phenoxy) is 1. The van der Waals surface area contributed by atoms with Crippen LogP contribution >= 0.6 is 0 Å². The van der Waals surface area contributed by atoms with E-state index >= 15 is 0 Å². The van der Waals surface area contributed by atoms with Crippen LogP contribution in [0.2, 0.25) is 0 Å². The van der Waals surface area contributed by atoms with Crippen molar-refractivity contribution in [2.24, 2.45) is 0 Å². The molecule has 0 aliphatic heterocycles. The summed E-state index contributed by atoms with van der Waals surface area (Å²) in [5.41, 5.74) is 0.549. The van der Waals surface area contributed by atoms with E-state index in [2.05, 4.69) is 0 Å². The van der Waals surface area contributed by atoms with Crippen LogP contribution in [0.1, 0.15) is 18.1 Å². The van der Waals surface area contributed by atoms with Gasteiger partial charge in [0.2, 0.25) is 0 Å². The second-order valence-corrected chi connectivity index (χ2v) is 4.38. The number of aliphatic hydroxyl groups is 1. The van der Waals surface area contributed by atoms with E-state index < -0.39 is 5.60 Å². The molecule has 18 heavy (non-hydrogen) atoms. The Hall–Kier alpha value is -1.64. The zero-order valence-corrected chi connectivity index (χ0v) is 10.7. The lowest BCUT2D eigenvalue weighted by Crippen LogP contribution is -2.40. The molecule has 0 amide bonds. The molecule has 0 radical (unpaired) electrons. The molecule has 2 rings (SSSR count). The standard InChI is InChI=1S/C16H18O2/c1-13(18-2)16(17,14-9-5-3-6-10-14)15-11-7-4-8-12-15/h3-13,17H,1-2H3. The lowest BCUT2D eigenvalue weighted by atomic mass is 9.82. The molecule has 0 fully saturated rings. The van der Waals surface area contributed by atoms with Gasteiger partial charge in [-0.25, -0.2) is 0 Å². The first-order valence-electron chi connectivity index (χ1n) is 6.05. The largest absolute Gasteiger partial charge is 0.378 e. The number of methoxy groups -OCH3 is 1. The second-order valence-electron chi connectivity index (χ2n) is 4.38. The van der Waals surface area contributed by atoms with Crippen molar-refractivity contribution in [2.75, 3.05) is 7.11 Å². The van der Waals surface area contributed by atoms with Crippen molar-refractivity contribution in [1.82, 2.24) is 0 Å². The van der Waals surface area contributed by atoms with E-state index in [0.717, 1.165) is 11.1 Å². The highest BCUT2D eigenvalue weighted by atomic mass is 16.5. The van der Waals surface area contributed by atoms with Crippen LogP contribution in [0.5, 0.6) is 0 Å². The van der Waals surface area contributed by atoms with Gasteiger partial charge >= 0.3 is 0 Å². The average Bonchev–Trinajstić information content (AvgIpc) is 2.47. The summed E-state index contributed by atoms with van der Waals surface area (Å²) in [6.07, 6.45) is -0.331. The molecule has 0 aliphatic carbocycles. The van der Waals surface area contributed by atoms with E-state index in [-0.39, 0.29) is 6.10 Å². The Labute approximate surface area is 108 Å². The highest BCUT2D eigenvalue weighted by Crippen LogP contribution is 2.34. The van der Waals surface area contributed by atoms with Crippen molar-refractivity contribution >= 4 is 0 Å². The third kappa shape index (κ3) is 2.17. The van der Waals surface area contributed by atoms with Crippen molar-refractivity contribution in [3.63, 3.8) is 0 Å². The van der Waals surface area contributed by atoms with Gasteiger partial charge in [0.1, 0.15) is 5.60 Å². The number of benzene rings is 2. The highest BCUT2D eigenvalue weighted by molar-refractivity contribution is 5.37. The van der Waals surface area contributed by atoms with Crippen LogP contribution in [0.15, 0.2) is 60.7 Å². The minimum absolute atomic E-state index is 0.331. The summed E-state index contributed by atoms with van der Waals surface area (Å²) in [5, 5.41) is 11.1. The third-order valence-corrected chi connectivity index (χ3v) is 3.37. The van der Waals surface area contributed by atoms with E-state index in [4.69, 9.17) is 4.74 Å². The van der Waals surface area contributed by atoms with Gasteiger partial charge in [0.15, 0.2) is 0 Å². The van der Waals surface area contributed by atoms with Gasteiger partial charge in [0.25, 0.3) is 0 Å². The fourth-order valence-electron chi connectivity index (χ4n) is 2.19.